The summed E-state index contributed by atoms with van der Waals surface area (Å²) in [6, 6.07) is 0. The van der Waals surface area contributed by atoms with E-state index in [2.05, 4.69) is 4.98 Å². The Balaban J connectivity index is 2.35. The number of carbonyl (C=O) groups is 1. The third-order valence-electron chi connectivity index (χ3n) is 0.736. The average molecular weight is 157 g/mol. The molecule has 1 amide bonds. The Morgan fingerprint density at radius 3 is 3.20 bits per heavy atom. The number of hydrogen-bond acceptors (Lipinski definition) is 4. The van der Waals surface area contributed by atoms with E-state index < -0.39 is 5.91 Å². The average Bonchev–Trinajstić information content (AvgIpc) is 2.34. The van der Waals surface area contributed by atoms with Crippen molar-refractivity contribution < 1.29 is 9.21 Å². The van der Waals surface area contributed by atoms with Gasteiger partial charge in [0, 0.05) is 0 Å². The van der Waals surface area contributed by atoms with Gasteiger partial charge in [-0.1, -0.05) is 11.8 Å². The standard InChI is InChI=1S/C5H5N2O2S/c6-4(8)3-10-5-7-1-2-9-5/h1-2,6H,3H2. The second-order valence-corrected chi connectivity index (χ2v) is 2.44. The number of rotatable bonds is 3. The molecule has 0 aliphatic rings. The highest BCUT2D eigenvalue weighted by Gasteiger charge is 2.00. The quantitative estimate of drug-likeness (QED) is 0.602. The molecule has 0 saturated carbocycles. The van der Waals surface area contributed by atoms with Crippen molar-refractivity contribution >= 4 is 17.7 Å². The zero-order valence-corrected chi connectivity index (χ0v) is 5.85. The van der Waals surface area contributed by atoms with Crippen LogP contribution in [0.2, 0.25) is 0 Å². The molecule has 0 saturated heterocycles. The summed E-state index contributed by atoms with van der Waals surface area (Å²) in [4.78, 5) is 13.9. The fourth-order valence-electron chi connectivity index (χ4n) is 0.409. The van der Waals surface area contributed by atoms with Crippen molar-refractivity contribution in [2.45, 2.75) is 5.22 Å². The Kier molecular flexibility index (Phi) is 2.33. The van der Waals surface area contributed by atoms with Crippen LogP contribution < -0.4 is 5.73 Å². The molecule has 0 fully saturated rings. The van der Waals surface area contributed by atoms with Crippen LogP contribution in [0.3, 0.4) is 0 Å². The van der Waals surface area contributed by atoms with Crippen molar-refractivity contribution in [3.05, 3.63) is 12.5 Å². The van der Waals surface area contributed by atoms with Crippen LogP contribution in [0.5, 0.6) is 0 Å². The van der Waals surface area contributed by atoms with Crippen LogP contribution in [-0.2, 0) is 4.79 Å². The SMILES string of the molecule is [NH]C(=O)CSc1ncco1. The molecule has 0 bridgehead atoms. The highest BCUT2D eigenvalue weighted by Crippen LogP contribution is 2.13. The van der Waals surface area contributed by atoms with Crippen molar-refractivity contribution in [3.63, 3.8) is 0 Å². The van der Waals surface area contributed by atoms with Crippen LogP contribution in [0, 0.1) is 0 Å². The van der Waals surface area contributed by atoms with Crippen LogP contribution in [-0.4, -0.2) is 16.6 Å². The van der Waals surface area contributed by atoms with Crippen molar-refractivity contribution in [3.8, 4) is 0 Å². The number of aromatic nitrogens is 1. The van der Waals surface area contributed by atoms with Gasteiger partial charge in [-0.05, 0) is 0 Å². The van der Waals surface area contributed by atoms with Gasteiger partial charge in [0.25, 0.3) is 5.22 Å². The predicted octanol–water partition coefficient (Wildman–Crippen LogP) is 0.576. The molecule has 1 heterocycles. The summed E-state index contributed by atoms with van der Waals surface area (Å²) < 4.78 is 4.80. The van der Waals surface area contributed by atoms with Crippen molar-refractivity contribution in [1.29, 1.82) is 0 Å². The molecule has 1 N–H and O–H groups in total. The summed E-state index contributed by atoms with van der Waals surface area (Å²) in [5.74, 6) is -0.524. The molecule has 1 aromatic heterocycles. The topological polar surface area (TPSA) is 66.9 Å². The molecule has 4 nitrogen and oxygen atoms in total. The Hall–Kier alpha value is -0.970. The minimum atomic E-state index is -0.622. The molecule has 1 aromatic rings. The zero-order chi connectivity index (χ0) is 7.40. The maximum absolute atomic E-state index is 10.1. The fraction of sp³-hybridized carbons (Fsp3) is 0.200. The molecule has 5 heteroatoms. The van der Waals surface area contributed by atoms with Crippen molar-refractivity contribution in [1.82, 2.24) is 10.7 Å². The van der Waals surface area contributed by atoms with Gasteiger partial charge in [-0.25, -0.2) is 4.98 Å². The minimum absolute atomic E-state index is 0.0977. The largest absolute Gasteiger partial charge is 0.440 e. The van der Waals surface area contributed by atoms with Gasteiger partial charge in [0.1, 0.15) is 6.26 Å². The lowest BCUT2D eigenvalue weighted by atomic mass is 10.8. The van der Waals surface area contributed by atoms with Gasteiger partial charge in [-0.2, -0.15) is 0 Å². The van der Waals surface area contributed by atoms with Gasteiger partial charge in [0.2, 0.25) is 5.91 Å². The lowest BCUT2D eigenvalue weighted by Gasteiger charge is -1.87. The molecule has 10 heavy (non-hydrogen) atoms. The van der Waals surface area contributed by atoms with Crippen LogP contribution in [0.1, 0.15) is 0 Å². The second kappa shape index (κ2) is 3.26. The van der Waals surface area contributed by atoms with Crippen molar-refractivity contribution in [2.75, 3.05) is 5.75 Å². The number of amides is 1. The molecular weight excluding hydrogens is 152 g/mol. The van der Waals surface area contributed by atoms with E-state index in [0.717, 1.165) is 11.8 Å². The third-order valence-corrected chi connectivity index (χ3v) is 1.59. The van der Waals surface area contributed by atoms with Gasteiger partial charge in [-0.3, -0.25) is 10.5 Å². The Bertz CT molecular complexity index is 209. The number of hydrogen-bond donors (Lipinski definition) is 0. The maximum atomic E-state index is 10.1. The first-order valence-electron chi connectivity index (χ1n) is 2.56. The molecule has 0 spiro atoms. The summed E-state index contributed by atoms with van der Waals surface area (Å²) in [5.41, 5.74) is 6.55. The Morgan fingerprint density at radius 1 is 1.90 bits per heavy atom. The Morgan fingerprint density at radius 2 is 2.70 bits per heavy atom. The van der Waals surface area contributed by atoms with Crippen molar-refractivity contribution in [2.24, 2.45) is 0 Å². The maximum Gasteiger partial charge on any atom is 0.256 e. The second-order valence-electron chi connectivity index (χ2n) is 1.51. The number of carbonyl (C=O) groups excluding carboxylic acids is 1. The van der Waals surface area contributed by atoms with Gasteiger partial charge < -0.3 is 4.42 Å². The number of thioether (sulfide) groups is 1. The number of nitrogens with one attached hydrogen (secondary N) is 1. The highest BCUT2D eigenvalue weighted by atomic mass is 32.2. The molecule has 0 aliphatic heterocycles. The van der Waals surface area contributed by atoms with E-state index in [1.54, 1.807) is 0 Å². The van der Waals surface area contributed by atoms with E-state index in [0.29, 0.717) is 5.22 Å². The number of nitrogens with zero attached hydrogens (tertiary/aromatic N) is 1. The molecule has 0 aliphatic carbocycles. The summed E-state index contributed by atoms with van der Waals surface area (Å²) in [6.07, 6.45) is 2.92. The van der Waals surface area contributed by atoms with Gasteiger partial charge in [0.15, 0.2) is 0 Å². The fourth-order valence-corrected chi connectivity index (χ4v) is 0.922. The lowest BCUT2D eigenvalue weighted by Crippen LogP contribution is -2.00. The first-order chi connectivity index (χ1) is 4.79. The summed E-state index contributed by atoms with van der Waals surface area (Å²) in [5, 5.41) is 0.431. The zero-order valence-electron chi connectivity index (χ0n) is 5.03. The molecule has 53 valence electrons. The minimum Gasteiger partial charge on any atom is -0.440 e. The van der Waals surface area contributed by atoms with Gasteiger partial charge in [-0.15, -0.1) is 0 Å². The van der Waals surface area contributed by atoms with E-state index in [1.807, 2.05) is 0 Å². The lowest BCUT2D eigenvalue weighted by molar-refractivity contribution is -0.116. The van der Waals surface area contributed by atoms with E-state index in [-0.39, 0.29) is 5.75 Å². The van der Waals surface area contributed by atoms with E-state index in [9.17, 15) is 4.79 Å². The first-order valence-corrected chi connectivity index (χ1v) is 3.54. The van der Waals surface area contributed by atoms with Gasteiger partial charge in [0.05, 0.1) is 11.9 Å². The van der Waals surface area contributed by atoms with E-state index in [4.69, 9.17) is 10.2 Å². The molecule has 1 radical (unpaired) electrons. The van der Waals surface area contributed by atoms with Gasteiger partial charge >= 0.3 is 0 Å². The smallest absolute Gasteiger partial charge is 0.256 e. The molecule has 1 rings (SSSR count). The third kappa shape index (κ3) is 2.10. The summed E-state index contributed by atoms with van der Waals surface area (Å²) >= 11 is 1.12. The van der Waals surface area contributed by atoms with Crippen LogP contribution in [0.15, 0.2) is 22.1 Å². The van der Waals surface area contributed by atoms with Crippen LogP contribution >= 0.6 is 11.8 Å². The molecular formula is C5H5N2O2S. The monoisotopic (exact) mass is 157 g/mol. The van der Waals surface area contributed by atoms with Crippen LogP contribution in [0.4, 0.5) is 0 Å². The van der Waals surface area contributed by atoms with Crippen LogP contribution in [0.25, 0.3) is 0 Å². The first kappa shape index (κ1) is 7.14. The Labute approximate surface area is 61.8 Å². The molecule has 0 unspecified atom stereocenters. The van der Waals surface area contributed by atoms with E-state index >= 15 is 0 Å². The predicted molar refractivity (Wildman–Crippen MR) is 35.3 cm³/mol. The van der Waals surface area contributed by atoms with E-state index in [1.165, 1.54) is 12.5 Å². The number of oxazole rings is 1. The molecule has 0 atom stereocenters. The summed E-state index contributed by atoms with van der Waals surface area (Å²) in [7, 11) is 0. The molecule has 0 aromatic carbocycles. The summed E-state index contributed by atoms with van der Waals surface area (Å²) in [6.45, 7) is 0. The highest BCUT2D eigenvalue weighted by molar-refractivity contribution is 7.99. The normalized spacial score (nSPS) is 9.60.